The normalized spacial score (nSPS) is 16.3. The molecular formula is C18H23Cl2N3O3. The highest BCUT2D eigenvalue weighted by molar-refractivity contribution is 5.94. The van der Waals surface area contributed by atoms with Crippen LogP contribution >= 0.6 is 24.8 Å². The fourth-order valence-electron chi connectivity index (χ4n) is 2.79. The highest BCUT2D eigenvalue weighted by atomic mass is 35.5. The summed E-state index contributed by atoms with van der Waals surface area (Å²) in [5, 5.41) is 9.29. The maximum atomic E-state index is 12.6. The monoisotopic (exact) mass is 399 g/mol. The number of pyridine rings is 1. The van der Waals surface area contributed by atoms with Gasteiger partial charge in [0.05, 0.1) is 24.6 Å². The molecule has 1 amide bonds. The molecule has 1 aliphatic rings. The van der Waals surface area contributed by atoms with Crippen molar-refractivity contribution in [1.29, 1.82) is 0 Å². The number of ether oxygens (including phenoxy) is 1. The lowest BCUT2D eigenvalue weighted by molar-refractivity contribution is -0.0236. The molecule has 1 saturated heterocycles. The predicted octanol–water partition coefficient (Wildman–Crippen LogP) is 2.49. The van der Waals surface area contributed by atoms with E-state index in [2.05, 4.69) is 4.98 Å². The van der Waals surface area contributed by atoms with Crippen LogP contribution in [0.4, 0.5) is 0 Å². The summed E-state index contributed by atoms with van der Waals surface area (Å²) in [6.45, 7) is 2.28. The van der Waals surface area contributed by atoms with Crippen LogP contribution in [0.1, 0.15) is 16.8 Å². The summed E-state index contributed by atoms with van der Waals surface area (Å²) in [4.78, 5) is 18.6. The van der Waals surface area contributed by atoms with Gasteiger partial charge in [-0.1, -0.05) is 12.1 Å². The van der Waals surface area contributed by atoms with E-state index in [-0.39, 0.29) is 42.6 Å². The molecule has 0 aliphatic carbocycles. The Hall–Kier alpha value is -1.86. The maximum absolute atomic E-state index is 12.6. The first-order valence-corrected chi connectivity index (χ1v) is 8.04. The predicted molar refractivity (Wildman–Crippen MR) is 105 cm³/mol. The number of hydrogen-bond acceptors (Lipinski definition) is 5. The summed E-state index contributed by atoms with van der Waals surface area (Å²) in [7, 11) is 0. The molecule has 3 rings (SSSR count). The number of benzene rings is 1. The molecule has 6 nitrogen and oxygen atoms in total. The van der Waals surface area contributed by atoms with Gasteiger partial charge in [0, 0.05) is 24.2 Å². The van der Waals surface area contributed by atoms with E-state index in [1.165, 1.54) is 6.20 Å². The van der Waals surface area contributed by atoms with Gasteiger partial charge in [0.1, 0.15) is 5.75 Å². The number of hydrogen-bond donors (Lipinski definition) is 2. The summed E-state index contributed by atoms with van der Waals surface area (Å²) < 4.78 is 5.62. The molecule has 1 fully saturated rings. The number of morpholine rings is 1. The zero-order valence-electron chi connectivity index (χ0n) is 14.2. The first kappa shape index (κ1) is 22.2. The van der Waals surface area contributed by atoms with Crippen LogP contribution in [-0.4, -0.2) is 53.2 Å². The number of halogens is 2. The highest BCUT2D eigenvalue weighted by Gasteiger charge is 2.24. The molecule has 0 radical (unpaired) electrons. The van der Waals surface area contributed by atoms with E-state index < -0.39 is 0 Å². The minimum Gasteiger partial charge on any atom is -0.506 e. The quantitative estimate of drug-likeness (QED) is 0.823. The Morgan fingerprint density at radius 1 is 1.23 bits per heavy atom. The number of aromatic nitrogens is 1. The second-order valence-electron chi connectivity index (χ2n) is 5.80. The summed E-state index contributed by atoms with van der Waals surface area (Å²) in [5.74, 6) is 0.135. The maximum Gasteiger partial charge on any atom is 0.254 e. The Morgan fingerprint density at radius 3 is 2.58 bits per heavy atom. The van der Waals surface area contributed by atoms with E-state index in [1.807, 2.05) is 17.0 Å². The molecule has 2 aromatic rings. The zero-order valence-corrected chi connectivity index (χ0v) is 15.8. The van der Waals surface area contributed by atoms with Gasteiger partial charge in [-0.2, -0.15) is 0 Å². The molecule has 1 aromatic carbocycles. The molecule has 8 heteroatoms. The third kappa shape index (κ3) is 5.32. The third-order valence-corrected chi connectivity index (χ3v) is 4.09. The van der Waals surface area contributed by atoms with Gasteiger partial charge in [0.15, 0.2) is 0 Å². The summed E-state index contributed by atoms with van der Waals surface area (Å²) >= 11 is 0. The van der Waals surface area contributed by atoms with Crippen molar-refractivity contribution in [3.8, 4) is 17.0 Å². The molecule has 1 aliphatic heterocycles. The molecule has 142 valence electrons. The lowest BCUT2D eigenvalue weighted by Crippen LogP contribution is -2.46. The molecule has 26 heavy (non-hydrogen) atoms. The summed E-state index contributed by atoms with van der Waals surface area (Å²) in [6, 6.07) is 10.7. The van der Waals surface area contributed by atoms with Crippen LogP contribution in [0.3, 0.4) is 0 Å². The molecule has 0 saturated carbocycles. The number of amides is 1. The molecule has 0 spiro atoms. The minimum absolute atomic E-state index is 0. The Labute approximate surface area is 165 Å². The van der Waals surface area contributed by atoms with Crippen molar-refractivity contribution in [2.24, 2.45) is 5.73 Å². The van der Waals surface area contributed by atoms with Gasteiger partial charge >= 0.3 is 0 Å². The van der Waals surface area contributed by atoms with Gasteiger partial charge in [-0.25, -0.2) is 0 Å². The molecule has 3 N–H and O–H groups in total. The SMILES string of the molecule is Cl.Cl.NCCC1CN(C(=O)c2ccc(-c3ccc(O)cn3)cc2)CCO1. The van der Waals surface area contributed by atoms with Crippen LogP contribution in [-0.2, 0) is 4.74 Å². The Bertz CT molecular complexity index is 694. The number of nitrogens with zero attached hydrogens (tertiary/aromatic N) is 2. The van der Waals surface area contributed by atoms with Crippen molar-refractivity contribution in [2.45, 2.75) is 12.5 Å². The standard InChI is InChI=1S/C18H21N3O3.2ClH/c19-8-7-16-12-21(9-10-24-16)18(23)14-3-1-13(2-4-14)17-6-5-15(22)11-20-17;;/h1-6,11,16,22H,7-10,12,19H2;2*1H. The second-order valence-corrected chi connectivity index (χ2v) is 5.80. The Morgan fingerprint density at radius 2 is 1.96 bits per heavy atom. The van der Waals surface area contributed by atoms with Crippen molar-refractivity contribution in [1.82, 2.24) is 9.88 Å². The number of rotatable bonds is 4. The lowest BCUT2D eigenvalue weighted by atomic mass is 10.1. The van der Waals surface area contributed by atoms with Crippen LogP contribution in [0.15, 0.2) is 42.6 Å². The van der Waals surface area contributed by atoms with E-state index >= 15 is 0 Å². The second kappa shape index (κ2) is 10.3. The van der Waals surface area contributed by atoms with E-state index in [0.29, 0.717) is 31.8 Å². The largest absolute Gasteiger partial charge is 0.506 e. The van der Waals surface area contributed by atoms with E-state index in [9.17, 15) is 9.90 Å². The first-order valence-electron chi connectivity index (χ1n) is 8.04. The smallest absolute Gasteiger partial charge is 0.254 e. The van der Waals surface area contributed by atoms with Crippen LogP contribution in [0, 0.1) is 0 Å². The Kier molecular flexibility index (Phi) is 8.81. The fraction of sp³-hybridized carbons (Fsp3) is 0.333. The van der Waals surface area contributed by atoms with Crippen LogP contribution in [0.2, 0.25) is 0 Å². The summed E-state index contributed by atoms with van der Waals surface area (Å²) in [6.07, 6.45) is 2.18. The third-order valence-electron chi connectivity index (χ3n) is 4.09. The van der Waals surface area contributed by atoms with Gasteiger partial charge < -0.3 is 20.5 Å². The average molecular weight is 400 g/mol. The number of carbonyl (C=O) groups is 1. The number of nitrogens with two attached hydrogens (primary N) is 1. The Balaban J connectivity index is 0.00000169. The zero-order chi connectivity index (χ0) is 16.9. The molecule has 2 heterocycles. The van der Waals surface area contributed by atoms with Crippen LogP contribution in [0.5, 0.6) is 5.75 Å². The lowest BCUT2D eigenvalue weighted by Gasteiger charge is -2.33. The molecule has 1 unspecified atom stereocenters. The molecule has 1 aromatic heterocycles. The van der Waals surface area contributed by atoms with Gasteiger partial charge in [-0.15, -0.1) is 24.8 Å². The van der Waals surface area contributed by atoms with Crippen LogP contribution in [0.25, 0.3) is 11.3 Å². The van der Waals surface area contributed by atoms with Gasteiger partial charge in [-0.3, -0.25) is 9.78 Å². The van der Waals surface area contributed by atoms with Crippen molar-refractivity contribution in [2.75, 3.05) is 26.2 Å². The number of aromatic hydroxyl groups is 1. The van der Waals surface area contributed by atoms with Gasteiger partial charge in [-0.05, 0) is 37.2 Å². The number of carbonyl (C=O) groups excluding carboxylic acids is 1. The van der Waals surface area contributed by atoms with Crippen LogP contribution < -0.4 is 5.73 Å². The van der Waals surface area contributed by atoms with Crippen molar-refractivity contribution in [3.63, 3.8) is 0 Å². The van der Waals surface area contributed by atoms with E-state index in [0.717, 1.165) is 17.7 Å². The summed E-state index contributed by atoms with van der Waals surface area (Å²) in [5.41, 5.74) is 7.86. The topological polar surface area (TPSA) is 88.7 Å². The van der Waals surface area contributed by atoms with Gasteiger partial charge in [0.25, 0.3) is 5.91 Å². The van der Waals surface area contributed by atoms with Crippen molar-refractivity contribution in [3.05, 3.63) is 48.2 Å². The minimum atomic E-state index is 0. The molecule has 1 atom stereocenters. The van der Waals surface area contributed by atoms with E-state index in [1.54, 1.807) is 24.3 Å². The van der Waals surface area contributed by atoms with Gasteiger partial charge in [0.2, 0.25) is 0 Å². The molecular weight excluding hydrogens is 377 g/mol. The molecule has 0 bridgehead atoms. The average Bonchev–Trinajstić information content (AvgIpc) is 2.62. The van der Waals surface area contributed by atoms with Crippen molar-refractivity contribution < 1.29 is 14.6 Å². The van der Waals surface area contributed by atoms with Crippen molar-refractivity contribution >= 4 is 30.7 Å². The first-order chi connectivity index (χ1) is 11.7. The highest BCUT2D eigenvalue weighted by Crippen LogP contribution is 2.20. The van der Waals surface area contributed by atoms with E-state index in [4.69, 9.17) is 10.5 Å². The fourth-order valence-corrected chi connectivity index (χ4v) is 2.79.